The summed E-state index contributed by atoms with van der Waals surface area (Å²) in [5.41, 5.74) is 3.64. The quantitative estimate of drug-likeness (QED) is 0.219. The molecule has 0 saturated carbocycles. The van der Waals surface area contributed by atoms with E-state index in [1.54, 1.807) is 18.2 Å². The SMILES string of the molecule is COC(=O)c1cc(NC(=O)CN2C(=O)S/C(=C/c3ccc(OCC(=O)Nc4ccc(C)c(C)c4)c(OC)c3)C2=O)ccc1Cl. The third-order valence-electron chi connectivity index (χ3n) is 6.47. The highest BCUT2D eigenvalue weighted by Crippen LogP contribution is 2.34. The van der Waals surface area contributed by atoms with Crippen LogP contribution < -0.4 is 20.1 Å². The van der Waals surface area contributed by atoms with Crippen molar-refractivity contribution < 1.29 is 38.2 Å². The van der Waals surface area contributed by atoms with Crippen molar-refractivity contribution >= 4 is 69.7 Å². The second-order valence-electron chi connectivity index (χ2n) is 9.55. The van der Waals surface area contributed by atoms with E-state index in [4.69, 9.17) is 21.1 Å². The Morgan fingerprint density at radius 3 is 2.30 bits per heavy atom. The van der Waals surface area contributed by atoms with Crippen LogP contribution in [0, 0.1) is 13.8 Å². The molecule has 1 saturated heterocycles. The minimum Gasteiger partial charge on any atom is -0.493 e. The number of ether oxygens (including phenoxy) is 3. The highest BCUT2D eigenvalue weighted by molar-refractivity contribution is 8.18. The first-order chi connectivity index (χ1) is 21.0. The van der Waals surface area contributed by atoms with Crippen LogP contribution in [0.5, 0.6) is 11.5 Å². The second kappa shape index (κ2) is 14.1. The Kier molecular flexibility index (Phi) is 10.3. The van der Waals surface area contributed by atoms with Crippen LogP contribution in [0.2, 0.25) is 5.02 Å². The van der Waals surface area contributed by atoms with E-state index < -0.39 is 29.6 Å². The first kappa shape index (κ1) is 32.1. The van der Waals surface area contributed by atoms with Crippen LogP contribution in [0.25, 0.3) is 6.08 Å². The van der Waals surface area contributed by atoms with Gasteiger partial charge in [0, 0.05) is 11.4 Å². The number of methoxy groups -OCH3 is 2. The zero-order valence-corrected chi connectivity index (χ0v) is 25.8. The van der Waals surface area contributed by atoms with Crippen molar-refractivity contribution in [3.63, 3.8) is 0 Å². The van der Waals surface area contributed by atoms with Gasteiger partial charge in [0.2, 0.25) is 5.91 Å². The molecule has 3 aromatic rings. The van der Waals surface area contributed by atoms with Gasteiger partial charge >= 0.3 is 5.97 Å². The van der Waals surface area contributed by atoms with Crippen LogP contribution in [-0.2, 0) is 19.1 Å². The lowest BCUT2D eigenvalue weighted by molar-refractivity contribution is -0.127. The number of halogens is 1. The van der Waals surface area contributed by atoms with E-state index in [1.807, 2.05) is 32.0 Å². The average molecular weight is 638 g/mol. The Hall–Kier alpha value is -4.81. The van der Waals surface area contributed by atoms with Crippen molar-refractivity contribution in [2.24, 2.45) is 0 Å². The van der Waals surface area contributed by atoms with Crippen molar-refractivity contribution in [3.8, 4) is 11.5 Å². The van der Waals surface area contributed by atoms with Crippen molar-refractivity contribution in [1.29, 1.82) is 0 Å². The first-order valence-electron chi connectivity index (χ1n) is 13.1. The van der Waals surface area contributed by atoms with Gasteiger partial charge in [0.05, 0.1) is 29.7 Å². The molecule has 0 aromatic heterocycles. The van der Waals surface area contributed by atoms with Gasteiger partial charge in [-0.15, -0.1) is 0 Å². The maximum absolute atomic E-state index is 13.0. The van der Waals surface area contributed by atoms with E-state index in [-0.39, 0.29) is 33.7 Å². The number of nitrogens with zero attached hydrogens (tertiary/aromatic N) is 1. The van der Waals surface area contributed by atoms with Crippen molar-refractivity contribution in [1.82, 2.24) is 4.90 Å². The molecule has 4 rings (SSSR count). The summed E-state index contributed by atoms with van der Waals surface area (Å²) in [5, 5.41) is 4.85. The van der Waals surface area contributed by atoms with Gasteiger partial charge < -0.3 is 24.8 Å². The maximum atomic E-state index is 13.0. The molecule has 1 heterocycles. The number of rotatable bonds is 10. The van der Waals surface area contributed by atoms with Crippen LogP contribution >= 0.6 is 23.4 Å². The van der Waals surface area contributed by atoms with Gasteiger partial charge in [-0.05, 0) is 90.8 Å². The van der Waals surface area contributed by atoms with Crippen LogP contribution in [0.3, 0.4) is 0 Å². The number of carbonyl (C=O) groups excluding carboxylic acids is 5. The summed E-state index contributed by atoms with van der Waals surface area (Å²) in [5.74, 6) is -1.72. The van der Waals surface area contributed by atoms with Gasteiger partial charge in [0.1, 0.15) is 6.54 Å². The monoisotopic (exact) mass is 637 g/mol. The fraction of sp³-hybridized carbons (Fsp3) is 0.194. The fourth-order valence-corrected chi connectivity index (χ4v) is 5.09. The summed E-state index contributed by atoms with van der Waals surface area (Å²) in [6.07, 6.45) is 1.49. The van der Waals surface area contributed by atoms with Crippen molar-refractivity contribution in [2.45, 2.75) is 13.8 Å². The molecule has 0 radical (unpaired) electrons. The lowest BCUT2D eigenvalue weighted by Crippen LogP contribution is -2.36. The predicted molar refractivity (Wildman–Crippen MR) is 167 cm³/mol. The maximum Gasteiger partial charge on any atom is 0.339 e. The molecule has 1 aliphatic heterocycles. The number of amides is 4. The minimum atomic E-state index is -0.683. The number of aryl methyl sites for hydroxylation is 2. The van der Waals surface area contributed by atoms with Crippen molar-refractivity contribution in [2.75, 3.05) is 38.0 Å². The lowest BCUT2D eigenvalue weighted by atomic mass is 10.1. The number of anilines is 2. The number of thioether (sulfide) groups is 1. The smallest absolute Gasteiger partial charge is 0.339 e. The Morgan fingerprint density at radius 1 is 0.886 bits per heavy atom. The molecule has 1 fully saturated rings. The molecule has 228 valence electrons. The molecule has 0 atom stereocenters. The van der Waals surface area contributed by atoms with E-state index in [0.29, 0.717) is 34.5 Å². The standard InChI is InChI=1S/C31H28ClN3O8S/c1-17-5-7-20(11-18(17)2)34-28(37)16-43-24-10-6-19(12-25(24)41-3)13-26-29(38)35(31(40)44-26)15-27(36)33-21-8-9-23(32)22(14-21)30(39)42-4/h5-14H,15-16H2,1-4H3,(H,33,36)(H,34,37)/b26-13+. The molecule has 0 unspecified atom stereocenters. The third-order valence-corrected chi connectivity index (χ3v) is 7.70. The predicted octanol–water partition coefficient (Wildman–Crippen LogP) is 5.44. The molecule has 0 spiro atoms. The normalized spacial score (nSPS) is 13.6. The zero-order chi connectivity index (χ0) is 32.0. The topological polar surface area (TPSA) is 140 Å². The van der Waals surface area contributed by atoms with Gasteiger partial charge in [0.25, 0.3) is 17.1 Å². The highest BCUT2D eigenvalue weighted by Gasteiger charge is 2.36. The van der Waals surface area contributed by atoms with Crippen LogP contribution in [0.4, 0.5) is 16.2 Å². The molecule has 0 aliphatic carbocycles. The largest absolute Gasteiger partial charge is 0.493 e. The summed E-state index contributed by atoms with van der Waals surface area (Å²) in [6, 6.07) is 14.6. The molecule has 0 bridgehead atoms. The van der Waals surface area contributed by atoms with E-state index >= 15 is 0 Å². The van der Waals surface area contributed by atoms with E-state index in [2.05, 4.69) is 15.4 Å². The molecule has 4 amide bonds. The van der Waals surface area contributed by atoms with E-state index in [1.165, 1.54) is 38.5 Å². The Morgan fingerprint density at radius 2 is 1.59 bits per heavy atom. The molecule has 1 aliphatic rings. The molecule has 3 aromatic carbocycles. The van der Waals surface area contributed by atoms with Gasteiger partial charge in [-0.3, -0.25) is 24.1 Å². The van der Waals surface area contributed by atoms with Crippen LogP contribution in [-0.4, -0.2) is 61.2 Å². The third kappa shape index (κ3) is 7.77. The van der Waals surface area contributed by atoms with Crippen molar-refractivity contribution in [3.05, 3.63) is 86.8 Å². The fourth-order valence-electron chi connectivity index (χ4n) is 4.05. The molecule has 2 N–H and O–H groups in total. The number of nitrogens with one attached hydrogen (secondary N) is 2. The number of imide groups is 1. The number of benzene rings is 3. The lowest BCUT2D eigenvalue weighted by Gasteiger charge is -2.13. The Bertz CT molecular complexity index is 1690. The molecule has 11 nitrogen and oxygen atoms in total. The number of carbonyl (C=O) groups is 5. The van der Waals surface area contributed by atoms with E-state index in [0.717, 1.165) is 16.0 Å². The summed E-state index contributed by atoms with van der Waals surface area (Å²) >= 11 is 6.69. The Balaban J connectivity index is 1.38. The zero-order valence-electron chi connectivity index (χ0n) is 24.2. The van der Waals surface area contributed by atoms with Gasteiger partial charge in [-0.25, -0.2) is 4.79 Å². The summed E-state index contributed by atoms with van der Waals surface area (Å²) < 4.78 is 15.7. The first-order valence-corrected chi connectivity index (χ1v) is 14.3. The van der Waals surface area contributed by atoms with Gasteiger partial charge in [0.15, 0.2) is 18.1 Å². The van der Waals surface area contributed by atoms with Crippen LogP contribution in [0.1, 0.15) is 27.0 Å². The molecular formula is C31H28ClN3O8S. The Labute approximate surface area is 262 Å². The van der Waals surface area contributed by atoms with Gasteiger partial charge in [-0.1, -0.05) is 23.7 Å². The molecule has 13 heteroatoms. The molecular weight excluding hydrogens is 610 g/mol. The summed E-state index contributed by atoms with van der Waals surface area (Å²) in [6.45, 7) is 3.14. The average Bonchev–Trinajstić information content (AvgIpc) is 3.25. The highest BCUT2D eigenvalue weighted by atomic mass is 35.5. The summed E-state index contributed by atoms with van der Waals surface area (Å²) in [4.78, 5) is 63.4. The minimum absolute atomic E-state index is 0.0495. The second-order valence-corrected chi connectivity index (χ2v) is 10.9. The number of hydrogen-bond acceptors (Lipinski definition) is 9. The molecule has 44 heavy (non-hydrogen) atoms. The summed E-state index contributed by atoms with van der Waals surface area (Å²) in [7, 11) is 2.63. The van der Waals surface area contributed by atoms with Crippen LogP contribution in [0.15, 0.2) is 59.5 Å². The number of hydrogen-bond donors (Lipinski definition) is 2. The van der Waals surface area contributed by atoms with E-state index in [9.17, 15) is 24.0 Å². The van der Waals surface area contributed by atoms with Gasteiger partial charge in [-0.2, -0.15) is 0 Å². The number of esters is 1.